The monoisotopic (exact) mass is 329 g/mol. The van der Waals surface area contributed by atoms with Gasteiger partial charge in [0.05, 0.1) is 10.4 Å². The Morgan fingerprint density at radius 3 is 2.65 bits per heavy atom. The van der Waals surface area contributed by atoms with E-state index in [0.717, 1.165) is 22.6 Å². The molecular formula is C17H19N3O2S. The number of thiophene rings is 1. The lowest BCUT2D eigenvalue weighted by Gasteiger charge is -2.32. The van der Waals surface area contributed by atoms with Gasteiger partial charge in [0.2, 0.25) is 0 Å². The number of aromatic nitrogens is 1. The van der Waals surface area contributed by atoms with E-state index in [0.29, 0.717) is 18.7 Å². The van der Waals surface area contributed by atoms with Crippen LogP contribution < -0.4 is 5.32 Å². The van der Waals surface area contributed by atoms with Crippen LogP contribution in [-0.4, -0.2) is 40.8 Å². The minimum atomic E-state index is -0.0138. The van der Waals surface area contributed by atoms with Crippen LogP contribution in [0.2, 0.25) is 0 Å². The van der Waals surface area contributed by atoms with Crippen LogP contribution in [0.25, 0.3) is 0 Å². The standard InChI is InChI=1S/C17H19N3O2S/c1-12-4-5-15(23-12)16(21)19-14-6-9-20(10-7-14)17(22)13-3-2-8-18-11-13/h2-5,8,11,14H,6-7,9-10H2,1H3,(H,19,21). The number of rotatable bonds is 3. The number of nitrogens with zero attached hydrogens (tertiary/aromatic N) is 2. The number of piperidine rings is 1. The van der Waals surface area contributed by atoms with Gasteiger partial charge in [-0.25, -0.2) is 0 Å². The summed E-state index contributed by atoms with van der Waals surface area (Å²) in [4.78, 5) is 32.2. The zero-order valence-electron chi connectivity index (χ0n) is 13.0. The molecule has 2 aromatic rings. The van der Waals surface area contributed by atoms with Crippen LogP contribution >= 0.6 is 11.3 Å². The Labute approximate surface area is 139 Å². The van der Waals surface area contributed by atoms with Crippen molar-refractivity contribution in [1.82, 2.24) is 15.2 Å². The largest absolute Gasteiger partial charge is 0.348 e. The zero-order chi connectivity index (χ0) is 16.2. The molecule has 23 heavy (non-hydrogen) atoms. The Morgan fingerprint density at radius 1 is 1.26 bits per heavy atom. The maximum atomic E-state index is 12.4. The fourth-order valence-corrected chi connectivity index (χ4v) is 3.48. The van der Waals surface area contributed by atoms with Crippen LogP contribution in [0, 0.1) is 6.92 Å². The Hall–Kier alpha value is -2.21. The third-order valence-corrected chi connectivity index (χ3v) is 4.99. The molecule has 3 rings (SSSR count). The Balaban J connectivity index is 1.52. The van der Waals surface area contributed by atoms with Gasteiger partial charge >= 0.3 is 0 Å². The van der Waals surface area contributed by atoms with Crippen molar-refractivity contribution in [2.75, 3.05) is 13.1 Å². The van der Waals surface area contributed by atoms with Gasteiger partial charge in [-0.1, -0.05) is 0 Å². The van der Waals surface area contributed by atoms with E-state index in [-0.39, 0.29) is 17.9 Å². The van der Waals surface area contributed by atoms with E-state index in [1.54, 1.807) is 24.5 Å². The van der Waals surface area contributed by atoms with E-state index in [4.69, 9.17) is 0 Å². The second-order valence-electron chi connectivity index (χ2n) is 5.69. The number of likely N-dealkylation sites (tertiary alicyclic amines) is 1. The average Bonchev–Trinajstić information content (AvgIpc) is 3.02. The fourth-order valence-electron chi connectivity index (χ4n) is 2.71. The summed E-state index contributed by atoms with van der Waals surface area (Å²) >= 11 is 1.50. The first-order valence-corrected chi connectivity index (χ1v) is 8.52. The molecule has 2 amide bonds. The third-order valence-electron chi connectivity index (χ3n) is 3.99. The van der Waals surface area contributed by atoms with E-state index < -0.39 is 0 Å². The van der Waals surface area contributed by atoms with Gasteiger partial charge < -0.3 is 10.2 Å². The maximum absolute atomic E-state index is 12.4. The molecule has 1 fully saturated rings. The minimum Gasteiger partial charge on any atom is -0.348 e. The molecule has 5 nitrogen and oxygen atoms in total. The molecule has 0 bridgehead atoms. The number of nitrogens with one attached hydrogen (secondary N) is 1. The number of hydrogen-bond acceptors (Lipinski definition) is 4. The fraction of sp³-hybridized carbons (Fsp3) is 0.353. The first-order valence-electron chi connectivity index (χ1n) is 7.70. The second-order valence-corrected chi connectivity index (χ2v) is 6.98. The third kappa shape index (κ3) is 3.76. The molecule has 0 radical (unpaired) electrons. The summed E-state index contributed by atoms with van der Waals surface area (Å²) in [5.74, 6) is -0.00288. The highest BCUT2D eigenvalue weighted by Gasteiger charge is 2.25. The number of carbonyl (C=O) groups excluding carboxylic acids is 2. The summed E-state index contributed by atoms with van der Waals surface area (Å²) in [6.45, 7) is 3.30. The van der Waals surface area contributed by atoms with E-state index in [2.05, 4.69) is 10.3 Å². The number of amides is 2. The predicted molar refractivity (Wildman–Crippen MR) is 89.7 cm³/mol. The van der Waals surface area contributed by atoms with Gasteiger partial charge in [0.25, 0.3) is 11.8 Å². The average molecular weight is 329 g/mol. The van der Waals surface area contributed by atoms with Gasteiger partial charge in [0.1, 0.15) is 0 Å². The summed E-state index contributed by atoms with van der Waals surface area (Å²) in [5.41, 5.74) is 0.615. The van der Waals surface area contributed by atoms with Crippen LogP contribution in [0.4, 0.5) is 0 Å². The van der Waals surface area contributed by atoms with Crippen LogP contribution in [0.15, 0.2) is 36.7 Å². The molecule has 0 aromatic carbocycles. The second kappa shape index (κ2) is 6.91. The first-order chi connectivity index (χ1) is 11.1. The number of pyridine rings is 1. The van der Waals surface area contributed by atoms with Crippen LogP contribution in [0.1, 0.15) is 37.7 Å². The molecule has 2 aromatic heterocycles. The molecule has 1 aliphatic heterocycles. The van der Waals surface area contributed by atoms with Crippen molar-refractivity contribution in [3.63, 3.8) is 0 Å². The normalized spacial score (nSPS) is 15.4. The predicted octanol–water partition coefficient (Wildman–Crippen LogP) is 2.49. The number of carbonyl (C=O) groups is 2. The highest BCUT2D eigenvalue weighted by molar-refractivity contribution is 7.13. The van der Waals surface area contributed by atoms with Gasteiger partial charge in [-0.05, 0) is 44.0 Å². The molecule has 0 saturated carbocycles. The van der Waals surface area contributed by atoms with Crippen molar-refractivity contribution in [3.05, 3.63) is 52.0 Å². The van der Waals surface area contributed by atoms with Crippen LogP contribution in [0.3, 0.4) is 0 Å². The van der Waals surface area contributed by atoms with Crippen molar-refractivity contribution in [1.29, 1.82) is 0 Å². The highest BCUT2D eigenvalue weighted by atomic mass is 32.1. The first kappa shape index (κ1) is 15.7. The number of aryl methyl sites for hydroxylation is 1. The molecule has 1 aliphatic rings. The lowest BCUT2D eigenvalue weighted by Crippen LogP contribution is -2.46. The summed E-state index contributed by atoms with van der Waals surface area (Å²) in [6.07, 6.45) is 4.81. The Bertz CT molecular complexity index is 691. The van der Waals surface area contributed by atoms with Gasteiger partial charge in [0, 0.05) is 36.4 Å². The molecule has 120 valence electrons. The highest BCUT2D eigenvalue weighted by Crippen LogP contribution is 2.17. The van der Waals surface area contributed by atoms with Gasteiger partial charge in [-0.2, -0.15) is 0 Å². The van der Waals surface area contributed by atoms with E-state index in [1.807, 2.05) is 24.0 Å². The maximum Gasteiger partial charge on any atom is 0.261 e. The molecule has 6 heteroatoms. The lowest BCUT2D eigenvalue weighted by molar-refractivity contribution is 0.0698. The minimum absolute atomic E-state index is 0.0109. The van der Waals surface area contributed by atoms with E-state index >= 15 is 0 Å². The van der Waals surface area contributed by atoms with Gasteiger partial charge in [0.15, 0.2) is 0 Å². The quantitative estimate of drug-likeness (QED) is 0.941. The van der Waals surface area contributed by atoms with E-state index in [1.165, 1.54) is 11.3 Å². The van der Waals surface area contributed by atoms with Gasteiger partial charge in [-0.15, -0.1) is 11.3 Å². The smallest absolute Gasteiger partial charge is 0.261 e. The van der Waals surface area contributed by atoms with Crippen molar-refractivity contribution in [2.24, 2.45) is 0 Å². The summed E-state index contributed by atoms with van der Waals surface area (Å²) < 4.78 is 0. The molecule has 0 aliphatic carbocycles. The molecule has 0 spiro atoms. The van der Waals surface area contributed by atoms with Crippen molar-refractivity contribution in [2.45, 2.75) is 25.8 Å². The van der Waals surface area contributed by atoms with Crippen LogP contribution in [0.5, 0.6) is 0 Å². The Morgan fingerprint density at radius 2 is 2.04 bits per heavy atom. The summed E-state index contributed by atoms with van der Waals surface area (Å²) in [6, 6.07) is 7.49. The summed E-state index contributed by atoms with van der Waals surface area (Å²) in [7, 11) is 0. The SMILES string of the molecule is Cc1ccc(C(=O)NC2CCN(C(=O)c3cccnc3)CC2)s1. The summed E-state index contributed by atoms with van der Waals surface area (Å²) in [5, 5.41) is 3.07. The zero-order valence-corrected chi connectivity index (χ0v) is 13.8. The molecule has 0 unspecified atom stereocenters. The Kier molecular flexibility index (Phi) is 4.71. The lowest BCUT2D eigenvalue weighted by atomic mass is 10.0. The van der Waals surface area contributed by atoms with Crippen molar-refractivity contribution < 1.29 is 9.59 Å². The molecule has 3 heterocycles. The van der Waals surface area contributed by atoms with Crippen molar-refractivity contribution in [3.8, 4) is 0 Å². The van der Waals surface area contributed by atoms with E-state index in [9.17, 15) is 9.59 Å². The molecular weight excluding hydrogens is 310 g/mol. The van der Waals surface area contributed by atoms with Crippen molar-refractivity contribution >= 4 is 23.2 Å². The topological polar surface area (TPSA) is 62.3 Å². The number of hydrogen-bond donors (Lipinski definition) is 1. The van der Waals surface area contributed by atoms with Gasteiger partial charge in [-0.3, -0.25) is 14.6 Å². The molecule has 0 atom stereocenters. The molecule has 1 N–H and O–H groups in total. The van der Waals surface area contributed by atoms with Crippen LogP contribution in [-0.2, 0) is 0 Å². The molecule has 1 saturated heterocycles.